The molecule has 2 rings (SSSR count). The number of piperidine rings is 1. The van der Waals surface area contributed by atoms with Crippen molar-refractivity contribution in [2.45, 2.75) is 25.4 Å². The van der Waals surface area contributed by atoms with Gasteiger partial charge in [0.15, 0.2) is 0 Å². The number of rotatable bonds is 6. The van der Waals surface area contributed by atoms with E-state index in [-0.39, 0.29) is 5.82 Å². The summed E-state index contributed by atoms with van der Waals surface area (Å²) >= 11 is 0. The fourth-order valence-electron chi connectivity index (χ4n) is 2.24. The topological polar surface area (TPSA) is 100 Å². The molecule has 0 amide bonds. The van der Waals surface area contributed by atoms with E-state index in [9.17, 15) is 0 Å². The molecule has 0 spiro atoms. The van der Waals surface area contributed by atoms with Gasteiger partial charge < -0.3 is 20.7 Å². The largest absolute Gasteiger partial charge is 0.382 e. The van der Waals surface area contributed by atoms with E-state index in [0.717, 1.165) is 45.5 Å². The quantitative estimate of drug-likeness (QED) is 0.749. The van der Waals surface area contributed by atoms with Crippen LogP contribution in [0.5, 0.6) is 0 Å². The lowest BCUT2D eigenvalue weighted by molar-refractivity contribution is 0.0125. The smallest absolute Gasteiger partial charge is 0.224 e. The fraction of sp³-hybridized carbons (Fsp3) is 0.643. The van der Waals surface area contributed by atoms with Crippen LogP contribution in [0, 0.1) is 11.3 Å². The molecule has 0 saturated carbocycles. The third-order valence-corrected chi connectivity index (χ3v) is 3.56. The first kappa shape index (κ1) is 15.5. The Kier molecular flexibility index (Phi) is 5.72. The van der Waals surface area contributed by atoms with Gasteiger partial charge in [-0.2, -0.15) is 10.2 Å². The van der Waals surface area contributed by atoms with Crippen molar-refractivity contribution in [2.75, 3.05) is 44.3 Å². The molecule has 114 valence electrons. The maximum atomic E-state index is 8.75. The highest BCUT2D eigenvalue weighted by Crippen LogP contribution is 2.12. The summed E-state index contributed by atoms with van der Waals surface area (Å²) in [7, 11) is 2.14. The van der Waals surface area contributed by atoms with E-state index in [0.29, 0.717) is 17.6 Å². The number of ether oxygens (including phenoxy) is 1. The first-order valence-corrected chi connectivity index (χ1v) is 7.25. The van der Waals surface area contributed by atoms with Crippen LogP contribution < -0.4 is 11.1 Å². The molecule has 2 heterocycles. The molecule has 1 aromatic rings. The van der Waals surface area contributed by atoms with Crippen LogP contribution in [0.2, 0.25) is 0 Å². The van der Waals surface area contributed by atoms with Gasteiger partial charge in [0.05, 0.1) is 12.3 Å². The molecule has 0 aromatic carbocycles. The van der Waals surface area contributed by atoms with Crippen molar-refractivity contribution in [1.82, 2.24) is 14.9 Å². The molecule has 7 heteroatoms. The van der Waals surface area contributed by atoms with Crippen LogP contribution in [-0.4, -0.2) is 54.3 Å². The molecular formula is C14H22N6O. The second-order valence-electron chi connectivity index (χ2n) is 5.26. The highest BCUT2D eigenvalue weighted by molar-refractivity contribution is 5.49. The third kappa shape index (κ3) is 4.85. The van der Waals surface area contributed by atoms with Crippen LogP contribution in [0.4, 0.5) is 11.8 Å². The summed E-state index contributed by atoms with van der Waals surface area (Å²) in [6.45, 7) is 3.67. The minimum absolute atomic E-state index is 0.206. The van der Waals surface area contributed by atoms with Crippen LogP contribution in [0.1, 0.15) is 24.8 Å². The summed E-state index contributed by atoms with van der Waals surface area (Å²) in [5.41, 5.74) is 5.93. The van der Waals surface area contributed by atoms with Gasteiger partial charge in [-0.1, -0.05) is 0 Å². The number of nitrogens with zero attached hydrogens (tertiary/aromatic N) is 4. The Morgan fingerprint density at radius 1 is 1.52 bits per heavy atom. The number of hydrogen-bond acceptors (Lipinski definition) is 7. The van der Waals surface area contributed by atoms with Gasteiger partial charge in [-0.05, 0) is 26.3 Å². The second kappa shape index (κ2) is 7.76. The molecule has 7 nitrogen and oxygen atoms in total. The lowest BCUT2D eigenvalue weighted by Gasteiger charge is -2.28. The number of anilines is 2. The SMILES string of the molecule is CN1CCC(OCCCNc2ncc(C#N)c(N)n2)CC1. The molecule has 0 atom stereocenters. The molecule has 1 aliphatic heterocycles. The zero-order chi connectivity index (χ0) is 15.1. The number of nitrogens with two attached hydrogens (primary N) is 1. The zero-order valence-electron chi connectivity index (χ0n) is 12.4. The van der Waals surface area contributed by atoms with Gasteiger partial charge in [0, 0.05) is 26.2 Å². The lowest BCUT2D eigenvalue weighted by atomic mass is 10.1. The number of aromatic nitrogens is 2. The molecule has 0 aliphatic carbocycles. The minimum atomic E-state index is 0.206. The van der Waals surface area contributed by atoms with Gasteiger partial charge >= 0.3 is 0 Å². The minimum Gasteiger partial charge on any atom is -0.382 e. The Morgan fingerprint density at radius 2 is 2.29 bits per heavy atom. The normalized spacial score (nSPS) is 16.6. The predicted molar refractivity (Wildman–Crippen MR) is 80.7 cm³/mol. The van der Waals surface area contributed by atoms with Crippen molar-refractivity contribution >= 4 is 11.8 Å². The molecule has 1 fully saturated rings. The van der Waals surface area contributed by atoms with Crippen molar-refractivity contribution < 1.29 is 4.74 Å². The van der Waals surface area contributed by atoms with Crippen molar-refractivity contribution in [1.29, 1.82) is 5.26 Å². The van der Waals surface area contributed by atoms with Crippen molar-refractivity contribution in [3.63, 3.8) is 0 Å². The highest BCUT2D eigenvalue weighted by atomic mass is 16.5. The zero-order valence-corrected chi connectivity index (χ0v) is 12.4. The molecule has 1 saturated heterocycles. The van der Waals surface area contributed by atoms with Crippen molar-refractivity contribution in [3.05, 3.63) is 11.8 Å². The van der Waals surface area contributed by atoms with E-state index >= 15 is 0 Å². The summed E-state index contributed by atoms with van der Waals surface area (Å²) in [6, 6.07) is 1.94. The number of nitrogens with one attached hydrogen (secondary N) is 1. The van der Waals surface area contributed by atoms with Crippen LogP contribution in [0.3, 0.4) is 0 Å². The van der Waals surface area contributed by atoms with Gasteiger partial charge in [0.1, 0.15) is 17.5 Å². The summed E-state index contributed by atoms with van der Waals surface area (Å²) in [6.07, 6.45) is 4.93. The predicted octanol–water partition coefficient (Wildman–Crippen LogP) is 0.843. The second-order valence-corrected chi connectivity index (χ2v) is 5.26. The standard InChI is InChI=1S/C14H22N6O/c1-20-6-3-12(4-7-20)21-8-2-5-17-14-18-10-11(9-15)13(16)19-14/h10,12H,2-8H2,1H3,(H3,16,17,18,19). The van der Waals surface area contributed by atoms with Gasteiger partial charge in [-0.3, -0.25) is 0 Å². The first-order valence-electron chi connectivity index (χ1n) is 7.25. The molecule has 3 N–H and O–H groups in total. The molecule has 1 aromatic heterocycles. The number of hydrogen-bond donors (Lipinski definition) is 2. The van der Waals surface area contributed by atoms with Gasteiger partial charge in [-0.25, -0.2) is 4.98 Å². The first-order chi connectivity index (χ1) is 10.2. The summed E-state index contributed by atoms with van der Waals surface area (Å²) < 4.78 is 5.85. The van der Waals surface area contributed by atoms with Crippen LogP contribution in [-0.2, 0) is 4.74 Å². The Hall–Kier alpha value is -1.91. The summed E-state index contributed by atoms with van der Waals surface area (Å²) in [5.74, 6) is 0.656. The maximum Gasteiger partial charge on any atom is 0.224 e. The number of nitrogen functional groups attached to an aromatic ring is 1. The Morgan fingerprint density at radius 3 is 2.95 bits per heavy atom. The Balaban J connectivity index is 1.62. The van der Waals surface area contributed by atoms with E-state index in [4.69, 9.17) is 15.7 Å². The van der Waals surface area contributed by atoms with Crippen LogP contribution in [0.25, 0.3) is 0 Å². The fourth-order valence-corrected chi connectivity index (χ4v) is 2.24. The number of nitriles is 1. The van der Waals surface area contributed by atoms with Gasteiger partial charge in [0.2, 0.25) is 5.95 Å². The monoisotopic (exact) mass is 290 g/mol. The average Bonchev–Trinajstić information content (AvgIpc) is 2.49. The Labute approximate surface area is 125 Å². The van der Waals surface area contributed by atoms with E-state index < -0.39 is 0 Å². The third-order valence-electron chi connectivity index (χ3n) is 3.56. The van der Waals surface area contributed by atoms with Crippen LogP contribution in [0.15, 0.2) is 6.20 Å². The molecule has 21 heavy (non-hydrogen) atoms. The van der Waals surface area contributed by atoms with E-state index in [2.05, 4.69) is 27.2 Å². The molecule has 0 radical (unpaired) electrons. The molecule has 0 unspecified atom stereocenters. The highest BCUT2D eigenvalue weighted by Gasteiger charge is 2.16. The molecule has 0 bridgehead atoms. The van der Waals surface area contributed by atoms with Crippen molar-refractivity contribution in [2.24, 2.45) is 0 Å². The summed E-state index contributed by atoms with van der Waals surface area (Å²) in [4.78, 5) is 10.4. The average molecular weight is 290 g/mol. The maximum absolute atomic E-state index is 8.75. The van der Waals surface area contributed by atoms with E-state index in [1.54, 1.807) is 0 Å². The van der Waals surface area contributed by atoms with E-state index in [1.807, 2.05) is 6.07 Å². The van der Waals surface area contributed by atoms with Gasteiger partial charge in [-0.15, -0.1) is 0 Å². The van der Waals surface area contributed by atoms with Gasteiger partial charge in [0.25, 0.3) is 0 Å². The lowest BCUT2D eigenvalue weighted by Crippen LogP contribution is -2.34. The van der Waals surface area contributed by atoms with Crippen LogP contribution >= 0.6 is 0 Å². The van der Waals surface area contributed by atoms with Crippen molar-refractivity contribution in [3.8, 4) is 6.07 Å². The summed E-state index contributed by atoms with van der Waals surface area (Å²) in [5, 5.41) is 11.8. The number of likely N-dealkylation sites (tertiary alicyclic amines) is 1. The Bertz CT molecular complexity index is 493. The molecular weight excluding hydrogens is 268 g/mol. The molecule has 1 aliphatic rings. The van der Waals surface area contributed by atoms with E-state index in [1.165, 1.54) is 6.20 Å².